The normalized spacial score (nSPS) is 19.9. The van der Waals surface area contributed by atoms with E-state index in [0.717, 1.165) is 31.5 Å². The first-order valence-electron chi connectivity index (χ1n) is 7.09. The molecule has 1 N–H and O–H groups in total. The third-order valence-electron chi connectivity index (χ3n) is 3.61. The zero-order chi connectivity index (χ0) is 16.2. The summed E-state index contributed by atoms with van der Waals surface area (Å²) in [4.78, 5) is 12.5. The van der Waals surface area contributed by atoms with Gasteiger partial charge in [0.1, 0.15) is 5.75 Å². The van der Waals surface area contributed by atoms with Crippen molar-refractivity contribution in [3.63, 3.8) is 0 Å². The average Bonchev–Trinajstić information content (AvgIpc) is 2.44. The number of ether oxygens (including phenoxy) is 1. The van der Waals surface area contributed by atoms with Gasteiger partial charge < -0.3 is 9.84 Å². The van der Waals surface area contributed by atoms with Gasteiger partial charge in [-0.15, -0.1) is 0 Å². The van der Waals surface area contributed by atoms with Crippen molar-refractivity contribution in [3.05, 3.63) is 29.8 Å². The molecule has 0 spiro atoms. The number of halogens is 3. The highest BCUT2D eigenvalue weighted by molar-refractivity contribution is 5.69. The molecule has 1 unspecified atom stereocenters. The van der Waals surface area contributed by atoms with E-state index in [1.165, 1.54) is 12.1 Å². The van der Waals surface area contributed by atoms with Gasteiger partial charge in [0.25, 0.3) is 0 Å². The summed E-state index contributed by atoms with van der Waals surface area (Å²) in [5, 5.41) is 8.79. The lowest BCUT2D eigenvalue weighted by atomic mass is 9.99. The molecular formula is C15H18F3NO3. The first-order chi connectivity index (χ1) is 10.3. The van der Waals surface area contributed by atoms with Gasteiger partial charge in [0.05, 0.1) is 18.7 Å². The van der Waals surface area contributed by atoms with E-state index in [-0.39, 0.29) is 24.8 Å². The number of hydrogen-bond donors (Lipinski definition) is 1. The van der Waals surface area contributed by atoms with Gasteiger partial charge in [-0.1, -0.05) is 6.07 Å². The molecular weight excluding hydrogens is 299 g/mol. The molecule has 7 heteroatoms. The summed E-state index contributed by atoms with van der Waals surface area (Å²) in [6, 6.07) is 4.79. The summed E-state index contributed by atoms with van der Waals surface area (Å²) in [6.45, 7) is 1.59. The summed E-state index contributed by atoms with van der Waals surface area (Å²) >= 11 is 0. The van der Waals surface area contributed by atoms with Crippen LogP contribution in [-0.4, -0.2) is 42.2 Å². The molecule has 1 aromatic carbocycles. The van der Waals surface area contributed by atoms with Crippen molar-refractivity contribution >= 4 is 5.97 Å². The van der Waals surface area contributed by atoms with E-state index in [9.17, 15) is 18.0 Å². The van der Waals surface area contributed by atoms with E-state index in [1.807, 2.05) is 4.90 Å². The third-order valence-corrected chi connectivity index (χ3v) is 3.61. The molecule has 0 amide bonds. The highest BCUT2D eigenvalue weighted by Gasteiger charge is 2.30. The number of aliphatic carboxylic acids is 1. The number of piperidine rings is 1. The standard InChI is InChI=1S/C15H18F3NO3/c16-15(17,18)12-4-1-5-13(7-12)22-10-11-3-2-6-19(8-11)9-14(20)21/h1,4-5,7,11H,2-3,6,8-10H2,(H,20,21). The lowest BCUT2D eigenvalue weighted by Gasteiger charge is -2.31. The zero-order valence-corrected chi connectivity index (χ0v) is 12.0. The molecule has 122 valence electrons. The van der Waals surface area contributed by atoms with Crippen molar-refractivity contribution in [1.82, 2.24) is 4.90 Å². The minimum atomic E-state index is -4.39. The zero-order valence-electron chi connectivity index (χ0n) is 12.0. The minimum Gasteiger partial charge on any atom is -0.493 e. The van der Waals surface area contributed by atoms with Crippen molar-refractivity contribution in [3.8, 4) is 5.75 Å². The Bertz CT molecular complexity index is 519. The average molecular weight is 317 g/mol. The van der Waals surface area contributed by atoms with Crippen molar-refractivity contribution in [2.45, 2.75) is 19.0 Å². The largest absolute Gasteiger partial charge is 0.493 e. The summed E-state index contributed by atoms with van der Waals surface area (Å²) in [6.07, 6.45) is -2.64. The fourth-order valence-corrected chi connectivity index (χ4v) is 2.60. The molecule has 22 heavy (non-hydrogen) atoms. The number of alkyl halides is 3. The topological polar surface area (TPSA) is 49.8 Å². The molecule has 0 aliphatic carbocycles. The summed E-state index contributed by atoms with van der Waals surface area (Å²) in [7, 11) is 0. The van der Waals surface area contributed by atoms with Gasteiger partial charge in [-0.2, -0.15) is 13.2 Å². The molecule has 1 atom stereocenters. The van der Waals surface area contributed by atoms with Gasteiger partial charge in [-0.25, -0.2) is 0 Å². The van der Waals surface area contributed by atoms with Gasteiger partial charge in [-0.3, -0.25) is 9.69 Å². The van der Waals surface area contributed by atoms with E-state index in [4.69, 9.17) is 9.84 Å². The van der Waals surface area contributed by atoms with Crippen LogP contribution < -0.4 is 4.74 Å². The Labute approximate surface area is 126 Å². The van der Waals surface area contributed by atoms with Gasteiger partial charge in [-0.05, 0) is 37.6 Å². The van der Waals surface area contributed by atoms with E-state index in [2.05, 4.69) is 0 Å². The van der Waals surface area contributed by atoms with Crippen molar-refractivity contribution in [2.75, 3.05) is 26.2 Å². The summed E-state index contributed by atoms with van der Waals surface area (Å²) in [5.74, 6) is -0.563. The molecule has 1 aliphatic rings. The van der Waals surface area contributed by atoms with Gasteiger partial charge in [0.15, 0.2) is 0 Å². The number of benzene rings is 1. The van der Waals surface area contributed by atoms with Crippen LogP contribution in [-0.2, 0) is 11.0 Å². The Balaban J connectivity index is 1.88. The van der Waals surface area contributed by atoms with Crippen LogP contribution in [0.4, 0.5) is 13.2 Å². The second-order valence-electron chi connectivity index (χ2n) is 5.47. The molecule has 1 heterocycles. The number of carboxylic acid groups (broad SMARTS) is 1. The molecule has 1 aromatic rings. The second kappa shape index (κ2) is 7.00. The fourth-order valence-electron chi connectivity index (χ4n) is 2.60. The molecule has 1 aliphatic heterocycles. The molecule has 0 saturated carbocycles. The number of likely N-dealkylation sites (tertiary alicyclic amines) is 1. The van der Waals surface area contributed by atoms with E-state index in [1.54, 1.807) is 0 Å². The summed E-state index contributed by atoms with van der Waals surface area (Å²) < 4.78 is 43.3. The molecule has 4 nitrogen and oxygen atoms in total. The van der Waals surface area contributed by atoms with Crippen LogP contribution in [0.15, 0.2) is 24.3 Å². The molecule has 1 fully saturated rings. The SMILES string of the molecule is O=C(O)CN1CCCC(COc2cccc(C(F)(F)F)c2)C1. The monoisotopic (exact) mass is 317 g/mol. The maximum Gasteiger partial charge on any atom is 0.416 e. The highest BCUT2D eigenvalue weighted by atomic mass is 19.4. The highest BCUT2D eigenvalue weighted by Crippen LogP contribution is 2.31. The van der Waals surface area contributed by atoms with E-state index in [0.29, 0.717) is 6.54 Å². The van der Waals surface area contributed by atoms with Crippen LogP contribution >= 0.6 is 0 Å². The van der Waals surface area contributed by atoms with Crippen molar-refractivity contribution in [1.29, 1.82) is 0 Å². The fraction of sp³-hybridized carbons (Fsp3) is 0.533. The minimum absolute atomic E-state index is 0.0138. The lowest BCUT2D eigenvalue weighted by molar-refractivity contribution is -0.139. The van der Waals surface area contributed by atoms with Crippen LogP contribution in [0.2, 0.25) is 0 Å². The van der Waals surface area contributed by atoms with Crippen LogP contribution in [0, 0.1) is 5.92 Å². The number of carboxylic acids is 1. The lowest BCUT2D eigenvalue weighted by Crippen LogP contribution is -2.40. The number of rotatable bonds is 5. The maximum absolute atomic E-state index is 12.6. The molecule has 1 saturated heterocycles. The Morgan fingerprint density at radius 3 is 2.86 bits per heavy atom. The first-order valence-corrected chi connectivity index (χ1v) is 7.09. The molecule has 0 aromatic heterocycles. The molecule has 2 rings (SSSR count). The Morgan fingerprint density at radius 1 is 1.41 bits per heavy atom. The van der Waals surface area contributed by atoms with Crippen LogP contribution in [0.1, 0.15) is 18.4 Å². The predicted octanol–water partition coefficient (Wildman–Crippen LogP) is 2.88. The van der Waals surface area contributed by atoms with Crippen molar-refractivity contribution in [2.24, 2.45) is 5.92 Å². The van der Waals surface area contributed by atoms with Crippen molar-refractivity contribution < 1.29 is 27.8 Å². The van der Waals surface area contributed by atoms with Crippen LogP contribution in [0.5, 0.6) is 5.75 Å². The third kappa shape index (κ3) is 4.91. The number of carbonyl (C=O) groups is 1. The quantitative estimate of drug-likeness (QED) is 0.907. The molecule has 0 bridgehead atoms. The van der Waals surface area contributed by atoms with Gasteiger partial charge in [0, 0.05) is 12.5 Å². The van der Waals surface area contributed by atoms with Crippen LogP contribution in [0.25, 0.3) is 0 Å². The first kappa shape index (κ1) is 16.6. The number of nitrogens with zero attached hydrogens (tertiary/aromatic N) is 1. The number of hydrogen-bond acceptors (Lipinski definition) is 3. The van der Waals surface area contributed by atoms with Crippen LogP contribution in [0.3, 0.4) is 0 Å². The summed E-state index contributed by atoms with van der Waals surface area (Å²) in [5.41, 5.74) is -0.735. The Kier molecular flexibility index (Phi) is 5.28. The molecule has 0 radical (unpaired) electrons. The van der Waals surface area contributed by atoms with E-state index < -0.39 is 17.7 Å². The van der Waals surface area contributed by atoms with Gasteiger partial charge >= 0.3 is 12.1 Å². The van der Waals surface area contributed by atoms with E-state index >= 15 is 0 Å². The Hall–Kier alpha value is -1.76. The predicted molar refractivity (Wildman–Crippen MR) is 73.7 cm³/mol. The maximum atomic E-state index is 12.6. The smallest absolute Gasteiger partial charge is 0.416 e. The Morgan fingerprint density at radius 2 is 2.18 bits per heavy atom. The van der Waals surface area contributed by atoms with Gasteiger partial charge in [0.2, 0.25) is 0 Å². The second-order valence-corrected chi connectivity index (χ2v) is 5.47.